The summed E-state index contributed by atoms with van der Waals surface area (Å²) in [6.07, 6.45) is 2.74. The van der Waals surface area contributed by atoms with Gasteiger partial charge in [0.05, 0.1) is 6.61 Å². The molecule has 0 aliphatic carbocycles. The van der Waals surface area contributed by atoms with Crippen molar-refractivity contribution in [2.24, 2.45) is 0 Å². The van der Waals surface area contributed by atoms with Gasteiger partial charge in [-0.15, -0.1) is 0 Å². The number of nitrogens with zero attached hydrogens (tertiary/aromatic N) is 1. The smallest absolute Gasteiger partial charge is 0.332 e. The second kappa shape index (κ2) is 6.03. The molecule has 15 heavy (non-hydrogen) atoms. The van der Waals surface area contributed by atoms with Crippen molar-refractivity contribution in [1.82, 2.24) is 4.98 Å². The Kier molecular flexibility index (Phi) is 4.63. The number of nitrogens with one attached hydrogen (secondary N) is 1. The second-order valence-electron chi connectivity index (χ2n) is 2.58. The van der Waals surface area contributed by atoms with Crippen LogP contribution in [-0.4, -0.2) is 17.6 Å². The third-order valence-electron chi connectivity index (χ3n) is 1.45. The molecule has 0 bridgehead atoms. The van der Waals surface area contributed by atoms with Gasteiger partial charge >= 0.3 is 5.97 Å². The molecule has 0 spiro atoms. The van der Waals surface area contributed by atoms with Crippen LogP contribution < -0.4 is 5.32 Å². The van der Waals surface area contributed by atoms with E-state index in [0.717, 1.165) is 0 Å². The van der Waals surface area contributed by atoms with E-state index in [-0.39, 0.29) is 0 Å². The Hall–Kier alpha value is -1.55. The lowest BCUT2D eigenvalue weighted by atomic mass is 10.4. The fourth-order valence-corrected chi connectivity index (χ4v) is 1.04. The predicted molar refractivity (Wildman–Crippen MR) is 58.6 cm³/mol. The van der Waals surface area contributed by atoms with E-state index in [2.05, 4.69) is 10.3 Å². The number of pyridine rings is 1. The molecule has 0 atom stereocenters. The molecule has 0 aliphatic rings. The second-order valence-corrected chi connectivity index (χ2v) is 2.96. The summed E-state index contributed by atoms with van der Waals surface area (Å²) in [7, 11) is 0. The minimum Gasteiger partial charge on any atom is -0.463 e. The third-order valence-corrected chi connectivity index (χ3v) is 1.66. The molecule has 1 aromatic rings. The first-order valence-corrected chi connectivity index (χ1v) is 4.82. The summed E-state index contributed by atoms with van der Waals surface area (Å²) in [4.78, 5) is 14.9. The third kappa shape index (κ3) is 4.46. The summed E-state index contributed by atoms with van der Waals surface area (Å²) in [6, 6.07) is 5.17. The Morgan fingerprint density at radius 2 is 2.47 bits per heavy atom. The van der Waals surface area contributed by atoms with Crippen molar-refractivity contribution in [2.45, 2.75) is 6.92 Å². The zero-order valence-electron chi connectivity index (χ0n) is 8.24. The molecule has 0 unspecified atom stereocenters. The van der Waals surface area contributed by atoms with Gasteiger partial charge in [0.2, 0.25) is 0 Å². The summed E-state index contributed by atoms with van der Waals surface area (Å²) in [6.45, 7) is 2.11. The van der Waals surface area contributed by atoms with Crippen molar-refractivity contribution >= 4 is 23.4 Å². The molecule has 4 nitrogen and oxygen atoms in total. The van der Waals surface area contributed by atoms with E-state index in [9.17, 15) is 4.79 Å². The number of ether oxygens (including phenoxy) is 1. The molecule has 0 saturated heterocycles. The van der Waals surface area contributed by atoms with E-state index in [1.54, 1.807) is 25.1 Å². The van der Waals surface area contributed by atoms with Gasteiger partial charge in [-0.2, -0.15) is 0 Å². The lowest BCUT2D eigenvalue weighted by Gasteiger charge is -1.99. The maximum atomic E-state index is 10.9. The molecular formula is C10H11ClN2O2. The maximum absolute atomic E-state index is 10.9. The van der Waals surface area contributed by atoms with Crippen LogP contribution in [0.4, 0.5) is 5.82 Å². The van der Waals surface area contributed by atoms with Gasteiger partial charge in [0, 0.05) is 12.3 Å². The average Bonchev–Trinajstić information content (AvgIpc) is 2.18. The molecule has 0 aliphatic heterocycles. The SMILES string of the molecule is CCOC(=O)/C=C/Nc1cccc(Cl)n1. The first-order chi connectivity index (χ1) is 7.22. The molecule has 5 heteroatoms. The van der Waals surface area contributed by atoms with E-state index in [0.29, 0.717) is 17.6 Å². The Morgan fingerprint density at radius 3 is 3.13 bits per heavy atom. The number of halogens is 1. The van der Waals surface area contributed by atoms with Crippen molar-refractivity contribution in [3.8, 4) is 0 Å². The Balaban J connectivity index is 2.46. The fraction of sp³-hybridized carbons (Fsp3) is 0.200. The quantitative estimate of drug-likeness (QED) is 0.486. The Morgan fingerprint density at radius 1 is 1.67 bits per heavy atom. The standard InChI is InChI=1S/C10H11ClN2O2/c1-2-15-10(14)6-7-12-9-5-3-4-8(11)13-9/h3-7H,2H2,1H3,(H,12,13)/b7-6+. The number of esters is 1. The molecule has 0 saturated carbocycles. The van der Waals surface area contributed by atoms with Crippen molar-refractivity contribution in [1.29, 1.82) is 0 Å². The Labute approximate surface area is 92.9 Å². The van der Waals surface area contributed by atoms with E-state index in [4.69, 9.17) is 16.3 Å². The lowest BCUT2D eigenvalue weighted by Crippen LogP contribution is -2.00. The van der Waals surface area contributed by atoms with Crippen LogP contribution in [0.1, 0.15) is 6.92 Å². The minimum atomic E-state index is -0.396. The van der Waals surface area contributed by atoms with Crippen LogP contribution >= 0.6 is 11.6 Å². The van der Waals surface area contributed by atoms with Crippen LogP contribution in [0.25, 0.3) is 0 Å². The molecule has 1 N–H and O–H groups in total. The predicted octanol–water partition coefficient (Wildman–Crippen LogP) is 2.22. The van der Waals surface area contributed by atoms with E-state index in [1.807, 2.05) is 0 Å². The summed E-state index contributed by atoms with van der Waals surface area (Å²) in [5, 5.41) is 3.19. The van der Waals surface area contributed by atoms with Gasteiger partial charge in [-0.25, -0.2) is 9.78 Å². The highest BCUT2D eigenvalue weighted by molar-refractivity contribution is 6.29. The number of carbonyl (C=O) groups excluding carboxylic acids is 1. The number of hydrogen-bond acceptors (Lipinski definition) is 4. The van der Waals surface area contributed by atoms with Crippen LogP contribution in [0, 0.1) is 0 Å². The van der Waals surface area contributed by atoms with E-state index in [1.165, 1.54) is 12.3 Å². The molecule has 0 aromatic carbocycles. The van der Waals surface area contributed by atoms with Gasteiger partial charge in [0.1, 0.15) is 11.0 Å². The highest BCUT2D eigenvalue weighted by atomic mass is 35.5. The highest BCUT2D eigenvalue weighted by Gasteiger charge is 1.94. The molecule has 80 valence electrons. The monoisotopic (exact) mass is 226 g/mol. The number of carbonyl (C=O) groups is 1. The van der Waals surface area contributed by atoms with Gasteiger partial charge in [-0.05, 0) is 19.1 Å². The van der Waals surface area contributed by atoms with Crippen LogP contribution in [0.2, 0.25) is 5.15 Å². The number of aromatic nitrogens is 1. The zero-order chi connectivity index (χ0) is 11.1. The van der Waals surface area contributed by atoms with Gasteiger partial charge in [-0.3, -0.25) is 0 Å². The van der Waals surface area contributed by atoms with Gasteiger partial charge in [0.15, 0.2) is 0 Å². The number of hydrogen-bond donors (Lipinski definition) is 1. The van der Waals surface area contributed by atoms with E-state index < -0.39 is 5.97 Å². The molecule has 1 rings (SSSR count). The largest absolute Gasteiger partial charge is 0.463 e. The summed E-state index contributed by atoms with van der Waals surface area (Å²) in [5.74, 6) is 0.176. The van der Waals surface area contributed by atoms with Gasteiger partial charge < -0.3 is 10.1 Å². The van der Waals surface area contributed by atoms with Gasteiger partial charge in [0.25, 0.3) is 0 Å². The normalized spacial score (nSPS) is 10.3. The molecular weight excluding hydrogens is 216 g/mol. The summed E-state index contributed by atoms with van der Waals surface area (Å²) < 4.78 is 4.69. The molecule has 0 amide bonds. The first kappa shape index (κ1) is 11.5. The Bertz CT molecular complexity index is 366. The number of anilines is 1. The molecule has 1 heterocycles. The lowest BCUT2D eigenvalue weighted by molar-refractivity contribution is -0.137. The molecule has 0 radical (unpaired) electrons. The average molecular weight is 227 g/mol. The minimum absolute atomic E-state index is 0.360. The van der Waals surface area contributed by atoms with Crippen molar-refractivity contribution < 1.29 is 9.53 Å². The van der Waals surface area contributed by atoms with Gasteiger partial charge in [-0.1, -0.05) is 17.7 Å². The van der Waals surface area contributed by atoms with E-state index >= 15 is 0 Å². The maximum Gasteiger partial charge on any atom is 0.332 e. The van der Waals surface area contributed by atoms with Crippen molar-refractivity contribution in [2.75, 3.05) is 11.9 Å². The van der Waals surface area contributed by atoms with Crippen LogP contribution in [0.3, 0.4) is 0 Å². The van der Waals surface area contributed by atoms with Crippen LogP contribution in [0.5, 0.6) is 0 Å². The molecule has 1 aromatic heterocycles. The first-order valence-electron chi connectivity index (χ1n) is 4.44. The van der Waals surface area contributed by atoms with Crippen molar-refractivity contribution in [3.05, 3.63) is 35.6 Å². The van der Waals surface area contributed by atoms with Crippen LogP contribution in [-0.2, 0) is 9.53 Å². The zero-order valence-corrected chi connectivity index (χ0v) is 8.99. The van der Waals surface area contributed by atoms with Crippen LogP contribution in [0.15, 0.2) is 30.5 Å². The number of rotatable bonds is 4. The fourth-order valence-electron chi connectivity index (χ4n) is 0.874. The molecule has 0 fully saturated rings. The van der Waals surface area contributed by atoms with Crippen molar-refractivity contribution in [3.63, 3.8) is 0 Å². The topological polar surface area (TPSA) is 51.2 Å². The summed E-state index contributed by atoms with van der Waals surface area (Å²) >= 11 is 5.67. The summed E-state index contributed by atoms with van der Waals surface area (Å²) in [5.41, 5.74) is 0. The highest BCUT2D eigenvalue weighted by Crippen LogP contribution is 2.08.